The second-order valence-corrected chi connectivity index (χ2v) is 11.7. The van der Waals surface area contributed by atoms with E-state index in [9.17, 15) is 15.0 Å². The average Bonchev–Trinajstić information content (AvgIpc) is 2.72. The molecule has 0 aromatic rings. The fourth-order valence-corrected chi connectivity index (χ4v) is 3.39. The Morgan fingerprint density at radius 3 is 2.35 bits per heavy atom. The van der Waals surface area contributed by atoms with Crippen LogP contribution in [-0.4, -0.2) is 41.8 Å². The van der Waals surface area contributed by atoms with Gasteiger partial charge in [-0.2, -0.15) is 0 Å². The topological polar surface area (TPSA) is 87.0 Å². The minimum atomic E-state index is -1.99. The van der Waals surface area contributed by atoms with Crippen molar-refractivity contribution in [2.45, 2.75) is 70.4 Å². The van der Waals surface area contributed by atoms with Gasteiger partial charge in [-0.05, 0) is 43.0 Å². The van der Waals surface area contributed by atoms with E-state index in [0.29, 0.717) is 12.0 Å². The van der Waals surface area contributed by atoms with Crippen LogP contribution in [0, 0.1) is 0 Å². The van der Waals surface area contributed by atoms with Crippen LogP contribution in [0.5, 0.6) is 0 Å². The first-order chi connectivity index (χ1) is 8.97. The van der Waals surface area contributed by atoms with Crippen LogP contribution < -0.4 is 0 Å². The van der Waals surface area contributed by atoms with Crippen molar-refractivity contribution in [1.82, 2.24) is 0 Å². The molecule has 0 aromatic heterocycles. The fourth-order valence-electron chi connectivity index (χ4n) is 2.06. The van der Waals surface area contributed by atoms with Crippen LogP contribution >= 0.6 is 0 Å². The predicted octanol–water partition coefficient (Wildman–Crippen LogP) is 2.82. The molecule has 1 rings (SSSR count). The molecule has 5 nitrogen and oxygen atoms in total. The van der Waals surface area contributed by atoms with E-state index in [2.05, 4.69) is 33.9 Å². The van der Waals surface area contributed by atoms with E-state index >= 15 is 0 Å². The van der Waals surface area contributed by atoms with Gasteiger partial charge in [0.05, 0.1) is 6.10 Å². The van der Waals surface area contributed by atoms with E-state index in [1.54, 1.807) is 0 Å². The van der Waals surface area contributed by atoms with E-state index in [1.807, 2.05) is 0 Å². The number of hydrogen-bond donors (Lipinski definition) is 3. The Hall–Kier alpha value is -0.853. The first-order valence-electron chi connectivity index (χ1n) is 6.98. The van der Waals surface area contributed by atoms with Crippen molar-refractivity contribution < 1.29 is 24.5 Å². The summed E-state index contributed by atoms with van der Waals surface area (Å²) in [7, 11) is -1.99. The second-order valence-electron chi connectivity index (χ2n) is 6.91. The molecule has 0 saturated heterocycles. The summed E-state index contributed by atoms with van der Waals surface area (Å²) in [5, 5.41) is 28.2. The van der Waals surface area contributed by atoms with Crippen molar-refractivity contribution in [3.63, 3.8) is 0 Å². The number of aliphatic hydroxyl groups excluding tert-OH is 2. The van der Waals surface area contributed by atoms with Gasteiger partial charge in [0.1, 0.15) is 5.76 Å². The Balaban J connectivity index is 2.96. The van der Waals surface area contributed by atoms with E-state index in [-0.39, 0.29) is 11.1 Å². The van der Waals surface area contributed by atoms with Crippen LogP contribution in [0.3, 0.4) is 0 Å². The first-order valence-corrected chi connectivity index (χ1v) is 9.89. The highest BCUT2D eigenvalue weighted by molar-refractivity contribution is 6.74. The summed E-state index contributed by atoms with van der Waals surface area (Å²) in [6.45, 7) is 10.6. The van der Waals surface area contributed by atoms with E-state index in [1.165, 1.54) is 0 Å². The Morgan fingerprint density at radius 2 is 1.90 bits per heavy atom. The van der Waals surface area contributed by atoms with Gasteiger partial charge in [-0.3, -0.25) is 0 Å². The molecule has 1 aliphatic rings. The van der Waals surface area contributed by atoms with Crippen LogP contribution in [-0.2, 0) is 9.22 Å². The lowest BCUT2D eigenvalue weighted by molar-refractivity contribution is -0.146. The highest BCUT2D eigenvalue weighted by Gasteiger charge is 2.41. The molecule has 3 N–H and O–H groups in total. The molecule has 1 saturated carbocycles. The zero-order valence-electron chi connectivity index (χ0n) is 12.9. The van der Waals surface area contributed by atoms with Crippen molar-refractivity contribution in [1.29, 1.82) is 0 Å². The Kier molecular flexibility index (Phi) is 5.05. The van der Waals surface area contributed by atoms with Gasteiger partial charge in [-0.15, -0.1) is 0 Å². The molecule has 1 aliphatic carbocycles. The maximum absolute atomic E-state index is 10.8. The van der Waals surface area contributed by atoms with Crippen molar-refractivity contribution in [3.8, 4) is 0 Å². The van der Waals surface area contributed by atoms with E-state index in [0.717, 1.165) is 12.8 Å². The van der Waals surface area contributed by atoms with Gasteiger partial charge in [0.2, 0.25) is 6.10 Å². The maximum Gasteiger partial charge on any atom is 0.340 e. The quantitative estimate of drug-likeness (QED) is 0.549. The summed E-state index contributed by atoms with van der Waals surface area (Å²) in [4.78, 5) is 10.8. The molecule has 0 heterocycles. The van der Waals surface area contributed by atoms with Crippen LogP contribution in [0.2, 0.25) is 18.1 Å². The molecular weight excluding hydrogens is 276 g/mol. The predicted molar refractivity (Wildman–Crippen MR) is 79.2 cm³/mol. The lowest BCUT2D eigenvalue weighted by Gasteiger charge is -2.39. The zero-order valence-corrected chi connectivity index (χ0v) is 13.9. The molecule has 6 heteroatoms. The van der Waals surface area contributed by atoms with Gasteiger partial charge in [-0.1, -0.05) is 20.8 Å². The van der Waals surface area contributed by atoms with Crippen LogP contribution in [0.15, 0.2) is 11.3 Å². The largest absolute Gasteiger partial charge is 0.509 e. The van der Waals surface area contributed by atoms with Crippen molar-refractivity contribution >= 4 is 14.3 Å². The molecule has 2 atom stereocenters. The standard InChI is InChI=1S/C14H26O5Si/c1-14(2,3)20(4,5)19-10-8-6-7-9(10)11(15)12(16)13(17)18/h10,12,15-16H,6-8H2,1-5H3,(H,17,18). The lowest BCUT2D eigenvalue weighted by Crippen LogP contribution is -2.44. The summed E-state index contributed by atoms with van der Waals surface area (Å²) in [6.07, 6.45) is 0.0529. The molecule has 2 unspecified atom stereocenters. The third-order valence-corrected chi connectivity index (χ3v) is 8.85. The summed E-state index contributed by atoms with van der Waals surface area (Å²) in [5.41, 5.74) is 0.546. The summed E-state index contributed by atoms with van der Waals surface area (Å²) >= 11 is 0. The Bertz CT molecular complexity index is 408. The summed E-state index contributed by atoms with van der Waals surface area (Å²) in [5.74, 6) is -1.88. The fraction of sp³-hybridized carbons (Fsp3) is 0.786. The molecular formula is C14H26O5Si. The highest BCUT2D eigenvalue weighted by Crippen LogP contribution is 2.41. The average molecular weight is 302 g/mol. The molecule has 116 valence electrons. The number of aliphatic hydroxyl groups is 2. The van der Waals surface area contributed by atoms with Gasteiger partial charge in [0, 0.05) is 0 Å². The number of carboxylic acid groups (broad SMARTS) is 1. The molecule has 0 bridgehead atoms. The molecule has 0 aliphatic heterocycles. The molecule has 0 spiro atoms. The Labute approximate surface area is 121 Å². The number of aliphatic carboxylic acids is 1. The van der Waals surface area contributed by atoms with Gasteiger partial charge >= 0.3 is 5.97 Å². The summed E-state index contributed by atoms with van der Waals surface area (Å²) < 4.78 is 6.24. The minimum Gasteiger partial charge on any atom is -0.509 e. The monoisotopic (exact) mass is 302 g/mol. The molecule has 0 aromatic carbocycles. The molecule has 1 fully saturated rings. The normalized spacial score (nSPS) is 24.6. The van der Waals surface area contributed by atoms with Crippen molar-refractivity contribution in [3.05, 3.63) is 11.3 Å². The van der Waals surface area contributed by atoms with Crippen molar-refractivity contribution in [2.75, 3.05) is 0 Å². The van der Waals surface area contributed by atoms with E-state index < -0.39 is 26.1 Å². The van der Waals surface area contributed by atoms with Gasteiger partial charge in [0.15, 0.2) is 8.32 Å². The molecule has 0 amide bonds. The van der Waals surface area contributed by atoms with Gasteiger partial charge in [-0.25, -0.2) is 4.79 Å². The van der Waals surface area contributed by atoms with Gasteiger partial charge in [0.25, 0.3) is 0 Å². The second kappa shape index (κ2) is 5.87. The SMILES string of the molecule is CC(C)(C)[Si](C)(C)OC1CCCC1=C(O)C(O)C(=O)O. The number of carbonyl (C=O) groups is 1. The van der Waals surface area contributed by atoms with E-state index in [4.69, 9.17) is 9.53 Å². The Morgan fingerprint density at radius 1 is 1.35 bits per heavy atom. The van der Waals surface area contributed by atoms with Crippen LogP contribution in [0.4, 0.5) is 0 Å². The van der Waals surface area contributed by atoms with Crippen molar-refractivity contribution in [2.24, 2.45) is 0 Å². The van der Waals surface area contributed by atoms with Crippen LogP contribution in [0.1, 0.15) is 40.0 Å². The highest BCUT2D eigenvalue weighted by atomic mass is 28.4. The maximum atomic E-state index is 10.8. The third-order valence-electron chi connectivity index (χ3n) is 4.37. The lowest BCUT2D eigenvalue weighted by atomic mass is 10.1. The summed E-state index contributed by atoms with van der Waals surface area (Å²) in [6, 6.07) is 0. The van der Waals surface area contributed by atoms with Gasteiger partial charge < -0.3 is 19.7 Å². The smallest absolute Gasteiger partial charge is 0.340 e. The molecule has 20 heavy (non-hydrogen) atoms. The number of carboxylic acids is 1. The number of hydrogen-bond acceptors (Lipinski definition) is 4. The minimum absolute atomic E-state index is 0.0434. The molecule has 0 radical (unpaired) electrons. The van der Waals surface area contributed by atoms with Crippen LogP contribution in [0.25, 0.3) is 0 Å². The first kappa shape index (κ1) is 17.2. The third kappa shape index (κ3) is 3.62. The number of rotatable bonds is 4. The zero-order chi connectivity index (χ0) is 15.7.